The zero-order valence-corrected chi connectivity index (χ0v) is 8.02. The van der Waals surface area contributed by atoms with E-state index in [0.717, 1.165) is 3.92 Å². The van der Waals surface area contributed by atoms with Gasteiger partial charge in [-0.15, -0.1) is 0 Å². The molecule has 0 aromatic rings. The Labute approximate surface area is 70.5 Å². The molecule has 1 aliphatic carbocycles. The van der Waals surface area contributed by atoms with Gasteiger partial charge in [-0.2, -0.15) is 0 Å². The van der Waals surface area contributed by atoms with E-state index in [4.69, 9.17) is 5.73 Å². The summed E-state index contributed by atoms with van der Waals surface area (Å²) in [5.41, 5.74) is 6.11. The SMILES string of the molecule is CC1(N)CCCC(I)C1. The van der Waals surface area contributed by atoms with Crippen LogP contribution in [0.2, 0.25) is 0 Å². The smallest absolute Gasteiger partial charge is 0.0135 e. The average molecular weight is 239 g/mol. The van der Waals surface area contributed by atoms with E-state index in [0.29, 0.717) is 0 Å². The Morgan fingerprint density at radius 3 is 2.67 bits per heavy atom. The Morgan fingerprint density at radius 2 is 2.33 bits per heavy atom. The summed E-state index contributed by atoms with van der Waals surface area (Å²) in [5.74, 6) is 0. The standard InChI is InChI=1S/C7H14IN/c1-7(9)4-2-3-6(8)5-7/h6H,2-5,9H2,1H3. The van der Waals surface area contributed by atoms with Crippen LogP contribution in [-0.4, -0.2) is 9.46 Å². The van der Waals surface area contributed by atoms with Crippen LogP contribution in [0.4, 0.5) is 0 Å². The maximum Gasteiger partial charge on any atom is 0.0135 e. The Balaban J connectivity index is 2.41. The average Bonchev–Trinajstić information content (AvgIpc) is 1.60. The fourth-order valence-electron chi connectivity index (χ4n) is 1.44. The molecule has 2 atom stereocenters. The molecule has 0 aromatic heterocycles. The van der Waals surface area contributed by atoms with Gasteiger partial charge in [0.1, 0.15) is 0 Å². The third-order valence-electron chi connectivity index (χ3n) is 1.95. The second-order valence-corrected chi connectivity index (χ2v) is 5.11. The van der Waals surface area contributed by atoms with E-state index in [1.54, 1.807) is 0 Å². The fraction of sp³-hybridized carbons (Fsp3) is 1.00. The van der Waals surface area contributed by atoms with Gasteiger partial charge in [-0.1, -0.05) is 29.0 Å². The molecule has 1 aliphatic rings. The molecule has 0 bridgehead atoms. The van der Waals surface area contributed by atoms with E-state index >= 15 is 0 Å². The molecule has 2 heteroatoms. The Hall–Kier alpha value is 0.690. The molecule has 0 aromatic carbocycles. The zero-order chi connectivity index (χ0) is 6.91. The van der Waals surface area contributed by atoms with Gasteiger partial charge in [0.2, 0.25) is 0 Å². The van der Waals surface area contributed by atoms with Crippen molar-refractivity contribution in [1.29, 1.82) is 0 Å². The number of alkyl halides is 1. The molecule has 1 nitrogen and oxygen atoms in total. The predicted octanol–water partition coefficient (Wildman–Crippen LogP) is 2.08. The Kier molecular flexibility index (Phi) is 2.37. The summed E-state index contributed by atoms with van der Waals surface area (Å²) < 4.78 is 0.825. The fourth-order valence-corrected chi connectivity index (χ4v) is 2.88. The third-order valence-corrected chi connectivity index (χ3v) is 3.02. The summed E-state index contributed by atoms with van der Waals surface area (Å²) >= 11 is 2.50. The molecule has 2 unspecified atom stereocenters. The number of nitrogens with two attached hydrogens (primary N) is 1. The van der Waals surface area contributed by atoms with Gasteiger partial charge in [0.05, 0.1) is 0 Å². The van der Waals surface area contributed by atoms with Crippen molar-refractivity contribution < 1.29 is 0 Å². The van der Waals surface area contributed by atoms with Gasteiger partial charge in [-0.25, -0.2) is 0 Å². The monoisotopic (exact) mass is 239 g/mol. The van der Waals surface area contributed by atoms with Crippen LogP contribution in [-0.2, 0) is 0 Å². The molecule has 0 aliphatic heterocycles. The lowest BCUT2D eigenvalue weighted by Gasteiger charge is -2.32. The van der Waals surface area contributed by atoms with Crippen molar-refractivity contribution in [2.24, 2.45) is 5.73 Å². The molecule has 1 saturated carbocycles. The molecular weight excluding hydrogens is 225 g/mol. The molecule has 2 N–H and O–H groups in total. The van der Waals surface area contributed by atoms with Gasteiger partial charge < -0.3 is 5.73 Å². The second kappa shape index (κ2) is 2.74. The van der Waals surface area contributed by atoms with Gasteiger partial charge in [-0.3, -0.25) is 0 Å². The molecule has 9 heavy (non-hydrogen) atoms. The molecule has 0 spiro atoms. The molecule has 0 heterocycles. The zero-order valence-electron chi connectivity index (χ0n) is 5.86. The van der Waals surface area contributed by atoms with Gasteiger partial charge >= 0.3 is 0 Å². The molecule has 0 radical (unpaired) electrons. The topological polar surface area (TPSA) is 26.0 Å². The summed E-state index contributed by atoms with van der Waals surface area (Å²) in [5, 5.41) is 0. The highest BCUT2D eigenvalue weighted by atomic mass is 127. The van der Waals surface area contributed by atoms with Crippen molar-refractivity contribution >= 4 is 22.6 Å². The highest BCUT2D eigenvalue weighted by Crippen LogP contribution is 2.30. The van der Waals surface area contributed by atoms with E-state index in [9.17, 15) is 0 Å². The van der Waals surface area contributed by atoms with Crippen LogP contribution in [0.1, 0.15) is 32.6 Å². The lowest BCUT2D eigenvalue weighted by Crippen LogP contribution is -2.41. The van der Waals surface area contributed by atoms with Crippen molar-refractivity contribution in [3.63, 3.8) is 0 Å². The van der Waals surface area contributed by atoms with Crippen molar-refractivity contribution in [2.75, 3.05) is 0 Å². The van der Waals surface area contributed by atoms with Crippen molar-refractivity contribution in [3.8, 4) is 0 Å². The van der Waals surface area contributed by atoms with Crippen molar-refractivity contribution in [1.82, 2.24) is 0 Å². The first-order valence-electron chi connectivity index (χ1n) is 3.53. The summed E-state index contributed by atoms with van der Waals surface area (Å²) in [7, 11) is 0. The number of hydrogen-bond donors (Lipinski definition) is 1. The first kappa shape index (κ1) is 7.79. The van der Waals surface area contributed by atoms with Crippen LogP contribution in [0.3, 0.4) is 0 Å². The van der Waals surface area contributed by atoms with Crippen LogP contribution < -0.4 is 5.73 Å². The minimum Gasteiger partial charge on any atom is -0.325 e. The van der Waals surface area contributed by atoms with E-state index < -0.39 is 0 Å². The maximum atomic E-state index is 5.96. The second-order valence-electron chi connectivity index (χ2n) is 3.35. The van der Waals surface area contributed by atoms with Gasteiger partial charge in [0.15, 0.2) is 0 Å². The number of halogens is 1. The lowest BCUT2D eigenvalue weighted by atomic mass is 9.84. The van der Waals surface area contributed by atoms with Crippen LogP contribution in [0.5, 0.6) is 0 Å². The summed E-state index contributed by atoms with van der Waals surface area (Å²) in [6.45, 7) is 2.16. The van der Waals surface area contributed by atoms with Gasteiger partial charge in [0, 0.05) is 9.46 Å². The lowest BCUT2D eigenvalue weighted by molar-refractivity contribution is 0.336. The van der Waals surface area contributed by atoms with E-state index in [-0.39, 0.29) is 5.54 Å². The third kappa shape index (κ3) is 2.42. The largest absolute Gasteiger partial charge is 0.325 e. The first-order chi connectivity index (χ1) is 4.10. The first-order valence-corrected chi connectivity index (χ1v) is 4.78. The molecule has 54 valence electrons. The number of rotatable bonds is 0. The van der Waals surface area contributed by atoms with E-state index in [1.807, 2.05) is 0 Å². The highest BCUT2D eigenvalue weighted by molar-refractivity contribution is 14.1. The summed E-state index contributed by atoms with van der Waals surface area (Å²) in [4.78, 5) is 0. The molecule has 1 fully saturated rings. The molecule has 0 amide bonds. The van der Waals surface area contributed by atoms with Crippen LogP contribution >= 0.6 is 22.6 Å². The van der Waals surface area contributed by atoms with Gasteiger partial charge in [-0.05, 0) is 26.2 Å². The van der Waals surface area contributed by atoms with E-state index in [2.05, 4.69) is 29.5 Å². The van der Waals surface area contributed by atoms with Crippen LogP contribution in [0.25, 0.3) is 0 Å². The van der Waals surface area contributed by atoms with Crippen LogP contribution in [0.15, 0.2) is 0 Å². The Morgan fingerprint density at radius 1 is 1.67 bits per heavy atom. The summed E-state index contributed by atoms with van der Waals surface area (Å²) in [6.07, 6.45) is 5.11. The molecule has 1 rings (SSSR count). The van der Waals surface area contributed by atoms with Crippen molar-refractivity contribution in [3.05, 3.63) is 0 Å². The Bertz CT molecular complexity index is 101. The summed E-state index contributed by atoms with van der Waals surface area (Å²) in [6, 6.07) is 0. The molecular formula is C7H14IN. The van der Waals surface area contributed by atoms with Crippen LogP contribution in [0, 0.1) is 0 Å². The molecule has 0 saturated heterocycles. The van der Waals surface area contributed by atoms with E-state index in [1.165, 1.54) is 25.7 Å². The van der Waals surface area contributed by atoms with Crippen molar-refractivity contribution in [2.45, 2.75) is 42.1 Å². The minimum absolute atomic E-state index is 0.143. The normalized spacial score (nSPS) is 45.0. The quantitative estimate of drug-likeness (QED) is 0.508. The highest BCUT2D eigenvalue weighted by Gasteiger charge is 2.26. The van der Waals surface area contributed by atoms with Gasteiger partial charge in [0.25, 0.3) is 0 Å². The predicted molar refractivity (Wildman–Crippen MR) is 48.9 cm³/mol. The number of hydrogen-bond acceptors (Lipinski definition) is 1. The minimum atomic E-state index is 0.143. The maximum absolute atomic E-state index is 5.96.